The molecule has 0 saturated carbocycles. The molecule has 3 aromatic carbocycles. The van der Waals surface area contributed by atoms with Crippen LogP contribution in [0.3, 0.4) is 0 Å². The number of amides is 2. The molecular weight excluding hydrogens is 438 g/mol. The van der Waals surface area contributed by atoms with Crippen molar-refractivity contribution in [1.29, 1.82) is 0 Å². The highest BCUT2D eigenvalue weighted by molar-refractivity contribution is 7.89. The van der Waals surface area contributed by atoms with Gasteiger partial charge in [-0.2, -0.15) is 0 Å². The molecule has 170 valence electrons. The molecule has 0 aromatic heterocycles. The van der Waals surface area contributed by atoms with Gasteiger partial charge >= 0.3 is 0 Å². The molecule has 8 heteroatoms. The van der Waals surface area contributed by atoms with E-state index in [1.165, 1.54) is 38.4 Å². The Bertz CT molecular complexity index is 1290. The van der Waals surface area contributed by atoms with Crippen molar-refractivity contribution in [1.82, 2.24) is 4.31 Å². The summed E-state index contributed by atoms with van der Waals surface area (Å²) < 4.78 is 25.5. The van der Waals surface area contributed by atoms with Gasteiger partial charge in [-0.3, -0.25) is 9.59 Å². The molecule has 0 aliphatic carbocycles. The van der Waals surface area contributed by atoms with E-state index in [-0.39, 0.29) is 16.7 Å². The number of carbonyl (C=O) groups is 2. The fraction of sp³-hybridized carbons (Fsp3) is 0.200. The minimum atomic E-state index is -3.55. The lowest BCUT2D eigenvalue weighted by Crippen LogP contribution is -2.35. The number of nitrogens with one attached hydrogen (secondary N) is 1. The number of benzene rings is 3. The van der Waals surface area contributed by atoms with Crippen molar-refractivity contribution in [2.75, 3.05) is 30.9 Å². The quantitative estimate of drug-likeness (QED) is 0.624. The highest BCUT2D eigenvalue weighted by Crippen LogP contribution is 2.31. The summed E-state index contributed by atoms with van der Waals surface area (Å²) in [5, 5.41) is 2.86. The van der Waals surface area contributed by atoms with Gasteiger partial charge in [0.1, 0.15) is 0 Å². The Balaban J connectivity index is 1.51. The van der Waals surface area contributed by atoms with E-state index in [1.807, 2.05) is 30.3 Å². The molecule has 4 rings (SSSR count). The third kappa shape index (κ3) is 4.67. The summed E-state index contributed by atoms with van der Waals surface area (Å²) in [5.41, 5.74) is 3.47. The molecule has 0 spiro atoms. The average Bonchev–Trinajstić information content (AvgIpc) is 2.83. The Morgan fingerprint density at radius 3 is 2.27 bits per heavy atom. The van der Waals surface area contributed by atoms with E-state index in [0.717, 1.165) is 28.4 Å². The minimum Gasteiger partial charge on any atom is -0.322 e. The summed E-state index contributed by atoms with van der Waals surface area (Å²) in [4.78, 5) is 27.6. The van der Waals surface area contributed by atoms with Crippen LogP contribution >= 0.6 is 0 Å². The van der Waals surface area contributed by atoms with E-state index in [2.05, 4.69) is 5.32 Å². The topological polar surface area (TPSA) is 86.8 Å². The van der Waals surface area contributed by atoms with Gasteiger partial charge < -0.3 is 10.2 Å². The summed E-state index contributed by atoms with van der Waals surface area (Å²) in [5.74, 6) is -0.377. The third-order valence-electron chi connectivity index (χ3n) is 5.62. The number of aryl methyl sites for hydroxylation is 1. The average molecular weight is 464 g/mol. The van der Waals surface area contributed by atoms with E-state index in [4.69, 9.17) is 0 Å². The molecule has 2 amide bonds. The van der Waals surface area contributed by atoms with Crippen molar-refractivity contribution in [3.05, 3.63) is 89.5 Å². The second-order valence-electron chi connectivity index (χ2n) is 8.04. The number of fused-ring (bicyclic) bond motifs is 1. The molecular formula is C25H25N3O4S. The second kappa shape index (κ2) is 9.17. The SMILES string of the molecule is CN(C)S(=O)(=O)c1ccc(C(=O)Nc2ccc3c(c2)CCCN3C(=O)c2ccccc2)cc1. The highest BCUT2D eigenvalue weighted by Gasteiger charge is 2.24. The van der Waals surface area contributed by atoms with E-state index >= 15 is 0 Å². The maximum atomic E-state index is 13.0. The fourth-order valence-electron chi connectivity index (χ4n) is 3.81. The first-order chi connectivity index (χ1) is 15.8. The van der Waals surface area contributed by atoms with Crippen LogP contribution in [-0.4, -0.2) is 45.2 Å². The molecule has 0 radical (unpaired) electrons. The van der Waals surface area contributed by atoms with Crippen LogP contribution in [0.25, 0.3) is 0 Å². The number of anilines is 2. The van der Waals surface area contributed by atoms with Gasteiger partial charge in [0, 0.05) is 43.1 Å². The molecule has 3 aromatic rings. The predicted octanol–water partition coefficient (Wildman–Crippen LogP) is 3.78. The van der Waals surface area contributed by atoms with Gasteiger partial charge in [0.15, 0.2) is 0 Å². The molecule has 1 N–H and O–H groups in total. The van der Waals surface area contributed by atoms with Gasteiger partial charge in [0.05, 0.1) is 4.90 Å². The van der Waals surface area contributed by atoms with Crippen LogP contribution in [0.5, 0.6) is 0 Å². The second-order valence-corrected chi connectivity index (χ2v) is 10.2. The van der Waals surface area contributed by atoms with Gasteiger partial charge in [-0.1, -0.05) is 18.2 Å². The van der Waals surface area contributed by atoms with Gasteiger partial charge in [0.25, 0.3) is 11.8 Å². The lowest BCUT2D eigenvalue weighted by Gasteiger charge is -2.30. The van der Waals surface area contributed by atoms with Crippen molar-refractivity contribution in [2.24, 2.45) is 0 Å². The summed E-state index contributed by atoms with van der Waals surface area (Å²) in [7, 11) is -0.634. The van der Waals surface area contributed by atoms with Crippen molar-refractivity contribution in [3.63, 3.8) is 0 Å². The zero-order chi connectivity index (χ0) is 23.6. The van der Waals surface area contributed by atoms with Gasteiger partial charge in [-0.05, 0) is 73.0 Å². The lowest BCUT2D eigenvalue weighted by atomic mass is 10.00. The zero-order valence-corrected chi connectivity index (χ0v) is 19.3. The predicted molar refractivity (Wildman–Crippen MR) is 128 cm³/mol. The molecule has 0 bridgehead atoms. The van der Waals surface area contributed by atoms with Crippen LogP contribution < -0.4 is 10.2 Å². The minimum absolute atomic E-state index is 0.0406. The van der Waals surface area contributed by atoms with Gasteiger partial charge in [0.2, 0.25) is 10.0 Å². The number of hydrogen-bond acceptors (Lipinski definition) is 4. The molecule has 1 heterocycles. The van der Waals surface area contributed by atoms with Crippen molar-refractivity contribution in [2.45, 2.75) is 17.7 Å². The number of carbonyl (C=O) groups excluding carboxylic acids is 2. The van der Waals surface area contributed by atoms with Crippen LogP contribution in [0.4, 0.5) is 11.4 Å². The number of rotatable bonds is 5. The summed E-state index contributed by atoms with van der Waals surface area (Å²) in [6, 6.07) is 20.5. The molecule has 0 atom stereocenters. The van der Waals surface area contributed by atoms with E-state index in [1.54, 1.807) is 23.1 Å². The van der Waals surface area contributed by atoms with Crippen LogP contribution in [-0.2, 0) is 16.4 Å². The van der Waals surface area contributed by atoms with E-state index < -0.39 is 10.0 Å². The Morgan fingerprint density at radius 2 is 1.61 bits per heavy atom. The standard InChI is InChI=1S/C25H25N3O4S/c1-27(2)33(31,32)22-13-10-18(11-14-22)24(29)26-21-12-15-23-20(17-21)9-6-16-28(23)25(30)19-7-4-3-5-8-19/h3-5,7-8,10-15,17H,6,9,16H2,1-2H3,(H,26,29). The summed E-state index contributed by atoms with van der Waals surface area (Å²) in [6.45, 7) is 0.647. The number of nitrogens with zero attached hydrogens (tertiary/aromatic N) is 2. The highest BCUT2D eigenvalue weighted by atomic mass is 32.2. The first-order valence-corrected chi connectivity index (χ1v) is 12.0. The zero-order valence-electron chi connectivity index (χ0n) is 18.5. The smallest absolute Gasteiger partial charge is 0.258 e. The number of sulfonamides is 1. The maximum absolute atomic E-state index is 13.0. The summed E-state index contributed by atoms with van der Waals surface area (Å²) >= 11 is 0. The van der Waals surface area contributed by atoms with Crippen LogP contribution in [0.1, 0.15) is 32.7 Å². The summed E-state index contributed by atoms with van der Waals surface area (Å²) in [6.07, 6.45) is 1.65. The Morgan fingerprint density at radius 1 is 0.909 bits per heavy atom. The van der Waals surface area contributed by atoms with Gasteiger partial charge in [-0.25, -0.2) is 12.7 Å². The third-order valence-corrected chi connectivity index (χ3v) is 7.45. The number of hydrogen-bond donors (Lipinski definition) is 1. The molecule has 0 unspecified atom stereocenters. The molecule has 0 saturated heterocycles. The monoisotopic (exact) mass is 463 g/mol. The molecule has 1 aliphatic rings. The molecule has 7 nitrogen and oxygen atoms in total. The Labute approximate surface area is 193 Å². The lowest BCUT2D eigenvalue weighted by molar-refractivity contribution is 0.0983. The normalized spacial score (nSPS) is 13.5. The van der Waals surface area contributed by atoms with Gasteiger partial charge in [-0.15, -0.1) is 0 Å². The van der Waals surface area contributed by atoms with Crippen molar-refractivity contribution >= 4 is 33.2 Å². The first kappa shape index (κ1) is 22.7. The Hall–Kier alpha value is -3.49. The van der Waals surface area contributed by atoms with Crippen LogP contribution in [0, 0.1) is 0 Å². The fourth-order valence-corrected chi connectivity index (χ4v) is 4.72. The van der Waals surface area contributed by atoms with E-state index in [0.29, 0.717) is 23.4 Å². The molecule has 33 heavy (non-hydrogen) atoms. The van der Waals surface area contributed by atoms with E-state index in [9.17, 15) is 18.0 Å². The molecule has 0 fully saturated rings. The Kier molecular flexibility index (Phi) is 6.31. The largest absolute Gasteiger partial charge is 0.322 e. The van der Waals surface area contributed by atoms with Crippen LogP contribution in [0.2, 0.25) is 0 Å². The first-order valence-electron chi connectivity index (χ1n) is 10.6. The van der Waals surface area contributed by atoms with Crippen molar-refractivity contribution in [3.8, 4) is 0 Å². The van der Waals surface area contributed by atoms with Crippen LogP contribution in [0.15, 0.2) is 77.7 Å². The van der Waals surface area contributed by atoms with Crippen molar-refractivity contribution < 1.29 is 18.0 Å². The molecule has 1 aliphatic heterocycles. The maximum Gasteiger partial charge on any atom is 0.258 e.